The van der Waals surface area contributed by atoms with Gasteiger partial charge in [-0.1, -0.05) is 30.3 Å². The van der Waals surface area contributed by atoms with E-state index in [2.05, 4.69) is 10.4 Å². The number of benzene rings is 1. The van der Waals surface area contributed by atoms with Crippen molar-refractivity contribution in [2.24, 2.45) is 17.8 Å². The van der Waals surface area contributed by atoms with Crippen LogP contribution in [0.3, 0.4) is 0 Å². The molecule has 1 amide bonds. The summed E-state index contributed by atoms with van der Waals surface area (Å²) in [5.74, 6) is 1.24. The molecular formula is C19H23N3O2. The maximum atomic E-state index is 12.6. The summed E-state index contributed by atoms with van der Waals surface area (Å²) >= 11 is 0. The van der Waals surface area contributed by atoms with E-state index in [9.17, 15) is 9.90 Å². The Kier molecular flexibility index (Phi) is 4.10. The second-order valence-corrected chi connectivity index (χ2v) is 7.09. The van der Waals surface area contributed by atoms with Crippen LogP contribution in [-0.2, 0) is 6.54 Å². The minimum atomic E-state index is -0.0784. The van der Waals surface area contributed by atoms with Gasteiger partial charge >= 0.3 is 0 Å². The van der Waals surface area contributed by atoms with Gasteiger partial charge in [-0.25, -0.2) is 0 Å². The van der Waals surface area contributed by atoms with Gasteiger partial charge in [-0.05, 0) is 36.7 Å². The van der Waals surface area contributed by atoms with Gasteiger partial charge < -0.3 is 10.4 Å². The van der Waals surface area contributed by atoms with Crippen LogP contribution in [0.1, 0.15) is 35.2 Å². The molecule has 0 saturated heterocycles. The third kappa shape index (κ3) is 2.84. The fourth-order valence-corrected chi connectivity index (χ4v) is 4.47. The van der Waals surface area contributed by atoms with Crippen molar-refractivity contribution in [2.75, 3.05) is 6.61 Å². The van der Waals surface area contributed by atoms with E-state index < -0.39 is 0 Å². The highest BCUT2D eigenvalue weighted by atomic mass is 16.3. The summed E-state index contributed by atoms with van der Waals surface area (Å²) in [5.41, 5.74) is 1.74. The van der Waals surface area contributed by atoms with E-state index in [1.807, 2.05) is 30.3 Å². The number of hydrogen-bond donors (Lipinski definition) is 2. The standard InChI is InChI=1S/C19H23N3O2/c23-12-17-14-6-7-15(8-14)18(17)21-19(24)16-9-20-22(11-16)10-13-4-2-1-3-5-13/h1-5,9,11,14-15,17-18,23H,6-8,10,12H2,(H,21,24). The SMILES string of the molecule is O=C(NC1C2CCC(C2)C1CO)c1cnn(Cc2ccccc2)c1. The molecule has 24 heavy (non-hydrogen) atoms. The van der Waals surface area contributed by atoms with Crippen LogP contribution in [0.5, 0.6) is 0 Å². The molecule has 4 rings (SSSR count). The van der Waals surface area contributed by atoms with Gasteiger partial charge in [0, 0.05) is 24.8 Å². The Labute approximate surface area is 141 Å². The zero-order valence-corrected chi connectivity index (χ0v) is 13.6. The quantitative estimate of drug-likeness (QED) is 0.884. The highest BCUT2D eigenvalue weighted by molar-refractivity contribution is 5.94. The molecule has 2 saturated carbocycles. The van der Waals surface area contributed by atoms with E-state index in [1.165, 1.54) is 12.8 Å². The number of amides is 1. The van der Waals surface area contributed by atoms with Gasteiger partial charge in [0.2, 0.25) is 0 Å². The molecule has 1 aromatic heterocycles. The van der Waals surface area contributed by atoms with Crippen LogP contribution < -0.4 is 5.32 Å². The van der Waals surface area contributed by atoms with E-state index in [1.54, 1.807) is 17.1 Å². The van der Waals surface area contributed by atoms with Crippen molar-refractivity contribution < 1.29 is 9.90 Å². The Hall–Kier alpha value is -2.14. The summed E-state index contributed by atoms with van der Waals surface area (Å²) in [6, 6.07) is 10.2. The maximum Gasteiger partial charge on any atom is 0.254 e. The van der Waals surface area contributed by atoms with Gasteiger partial charge in [0.05, 0.1) is 18.3 Å². The average molecular weight is 325 g/mol. The molecule has 5 nitrogen and oxygen atoms in total. The van der Waals surface area contributed by atoms with Crippen molar-refractivity contribution in [3.8, 4) is 0 Å². The number of aliphatic hydroxyl groups is 1. The number of hydrogen-bond acceptors (Lipinski definition) is 3. The molecule has 2 aliphatic rings. The number of carbonyl (C=O) groups is 1. The van der Waals surface area contributed by atoms with Crippen LogP contribution in [0.15, 0.2) is 42.7 Å². The predicted molar refractivity (Wildman–Crippen MR) is 90.4 cm³/mol. The van der Waals surface area contributed by atoms with E-state index in [0.29, 0.717) is 23.9 Å². The molecule has 126 valence electrons. The molecule has 4 atom stereocenters. The molecule has 2 aromatic rings. The molecule has 0 radical (unpaired) electrons. The molecule has 2 N–H and O–H groups in total. The summed E-state index contributed by atoms with van der Waals surface area (Å²) in [5, 5.41) is 17.1. The maximum absolute atomic E-state index is 12.6. The molecule has 4 unspecified atom stereocenters. The van der Waals surface area contributed by atoms with E-state index in [-0.39, 0.29) is 24.5 Å². The summed E-state index contributed by atoms with van der Waals surface area (Å²) in [4.78, 5) is 12.6. The molecule has 5 heteroatoms. The molecular weight excluding hydrogens is 302 g/mol. The lowest BCUT2D eigenvalue weighted by atomic mass is 9.85. The monoisotopic (exact) mass is 325 g/mol. The van der Waals surface area contributed by atoms with Gasteiger partial charge in [0.25, 0.3) is 5.91 Å². The highest BCUT2D eigenvalue weighted by Crippen LogP contribution is 2.48. The van der Waals surface area contributed by atoms with Crippen LogP contribution in [0.4, 0.5) is 0 Å². The number of rotatable bonds is 5. The fourth-order valence-electron chi connectivity index (χ4n) is 4.47. The Morgan fingerprint density at radius 3 is 2.83 bits per heavy atom. The largest absolute Gasteiger partial charge is 0.396 e. The van der Waals surface area contributed by atoms with Crippen LogP contribution in [0, 0.1) is 17.8 Å². The third-order valence-electron chi connectivity index (χ3n) is 5.68. The Bertz CT molecular complexity index is 712. The number of aromatic nitrogens is 2. The first-order chi connectivity index (χ1) is 11.7. The first kappa shape index (κ1) is 15.4. The molecule has 0 spiro atoms. The third-order valence-corrected chi connectivity index (χ3v) is 5.68. The molecule has 2 bridgehead atoms. The van der Waals surface area contributed by atoms with Crippen molar-refractivity contribution in [2.45, 2.75) is 31.8 Å². The van der Waals surface area contributed by atoms with Crippen molar-refractivity contribution in [3.63, 3.8) is 0 Å². The first-order valence-corrected chi connectivity index (χ1v) is 8.72. The zero-order chi connectivity index (χ0) is 16.5. The van der Waals surface area contributed by atoms with Crippen molar-refractivity contribution in [1.29, 1.82) is 0 Å². The summed E-state index contributed by atoms with van der Waals surface area (Å²) < 4.78 is 1.79. The van der Waals surface area contributed by atoms with E-state index in [0.717, 1.165) is 12.0 Å². The van der Waals surface area contributed by atoms with Gasteiger partial charge in [0.15, 0.2) is 0 Å². The van der Waals surface area contributed by atoms with Crippen molar-refractivity contribution in [3.05, 3.63) is 53.9 Å². The lowest BCUT2D eigenvalue weighted by molar-refractivity contribution is 0.0861. The lowest BCUT2D eigenvalue weighted by Crippen LogP contribution is -2.45. The first-order valence-electron chi connectivity index (χ1n) is 8.72. The van der Waals surface area contributed by atoms with Crippen molar-refractivity contribution >= 4 is 5.91 Å². The Morgan fingerprint density at radius 1 is 1.25 bits per heavy atom. The van der Waals surface area contributed by atoms with E-state index in [4.69, 9.17) is 0 Å². The molecule has 0 aliphatic heterocycles. The highest BCUT2D eigenvalue weighted by Gasteiger charge is 2.47. The minimum Gasteiger partial charge on any atom is -0.396 e. The number of nitrogens with one attached hydrogen (secondary N) is 1. The smallest absolute Gasteiger partial charge is 0.254 e. The lowest BCUT2D eigenvalue weighted by Gasteiger charge is -2.30. The fraction of sp³-hybridized carbons (Fsp3) is 0.474. The second kappa shape index (κ2) is 6.40. The number of carbonyl (C=O) groups excluding carboxylic acids is 1. The normalized spacial score (nSPS) is 28.2. The zero-order valence-electron chi connectivity index (χ0n) is 13.6. The molecule has 2 fully saturated rings. The van der Waals surface area contributed by atoms with Crippen LogP contribution in [0.25, 0.3) is 0 Å². The van der Waals surface area contributed by atoms with E-state index >= 15 is 0 Å². The molecule has 1 heterocycles. The second-order valence-electron chi connectivity index (χ2n) is 7.09. The average Bonchev–Trinajstić information content (AvgIpc) is 3.31. The molecule has 1 aromatic carbocycles. The van der Waals surface area contributed by atoms with Gasteiger partial charge in [-0.3, -0.25) is 9.48 Å². The number of fused-ring (bicyclic) bond motifs is 2. The predicted octanol–water partition coefficient (Wildman–Crippen LogP) is 2.07. The van der Waals surface area contributed by atoms with Crippen LogP contribution in [0.2, 0.25) is 0 Å². The summed E-state index contributed by atoms with van der Waals surface area (Å²) in [7, 11) is 0. The topological polar surface area (TPSA) is 67.2 Å². The summed E-state index contributed by atoms with van der Waals surface area (Å²) in [6.07, 6.45) is 6.92. The number of nitrogens with zero attached hydrogens (tertiary/aromatic N) is 2. The van der Waals surface area contributed by atoms with Crippen LogP contribution in [-0.4, -0.2) is 33.4 Å². The Morgan fingerprint density at radius 2 is 2.04 bits per heavy atom. The molecule has 2 aliphatic carbocycles. The minimum absolute atomic E-state index is 0.0784. The Balaban J connectivity index is 1.42. The summed E-state index contributed by atoms with van der Waals surface area (Å²) in [6.45, 7) is 0.820. The van der Waals surface area contributed by atoms with Crippen molar-refractivity contribution in [1.82, 2.24) is 15.1 Å². The van der Waals surface area contributed by atoms with Gasteiger partial charge in [-0.15, -0.1) is 0 Å². The van der Waals surface area contributed by atoms with Gasteiger partial charge in [-0.2, -0.15) is 5.10 Å². The number of aliphatic hydroxyl groups excluding tert-OH is 1. The van der Waals surface area contributed by atoms with Gasteiger partial charge in [0.1, 0.15) is 0 Å². The van der Waals surface area contributed by atoms with Crippen LogP contribution >= 0.6 is 0 Å².